The van der Waals surface area contributed by atoms with Crippen molar-refractivity contribution in [2.45, 2.75) is 0 Å². The summed E-state index contributed by atoms with van der Waals surface area (Å²) in [6.07, 6.45) is 0. The van der Waals surface area contributed by atoms with E-state index in [4.69, 9.17) is 4.42 Å². The average molecular weight is 291 g/mol. The summed E-state index contributed by atoms with van der Waals surface area (Å²) >= 11 is 0. The van der Waals surface area contributed by atoms with Crippen molar-refractivity contribution < 1.29 is 4.42 Å². The lowest BCUT2D eigenvalue weighted by Crippen LogP contribution is -2.06. The second kappa shape index (κ2) is 6.01. The summed E-state index contributed by atoms with van der Waals surface area (Å²) in [6.45, 7) is 0. The number of para-hydroxylation sites is 1. The SMILES string of the molecule is Cl.O=c1ccc2cccc(Pc3ccccc3)c2o1. The fourth-order valence-electron chi connectivity index (χ4n) is 1.87. The Kier molecular flexibility index (Phi) is 4.36. The van der Waals surface area contributed by atoms with Crippen LogP contribution in [0.4, 0.5) is 0 Å². The Balaban J connectivity index is 0.00000133. The molecule has 1 unspecified atom stereocenters. The van der Waals surface area contributed by atoms with Crippen LogP contribution in [-0.2, 0) is 0 Å². The largest absolute Gasteiger partial charge is 0.422 e. The first-order valence-electron chi connectivity index (χ1n) is 5.68. The molecule has 1 aromatic heterocycles. The summed E-state index contributed by atoms with van der Waals surface area (Å²) in [5.74, 6) is 0. The molecule has 2 nitrogen and oxygen atoms in total. The Labute approximate surface area is 118 Å². The predicted molar refractivity (Wildman–Crippen MR) is 83.8 cm³/mol. The summed E-state index contributed by atoms with van der Waals surface area (Å²) < 4.78 is 5.32. The van der Waals surface area contributed by atoms with Crippen LogP contribution in [0.5, 0.6) is 0 Å². The molecule has 0 saturated heterocycles. The Hall–Kier alpha value is -1.63. The molecule has 1 heterocycles. The third-order valence-electron chi connectivity index (χ3n) is 2.70. The molecule has 0 radical (unpaired) electrons. The molecule has 0 bridgehead atoms. The monoisotopic (exact) mass is 290 g/mol. The van der Waals surface area contributed by atoms with E-state index in [1.54, 1.807) is 6.07 Å². The maximum absolute atomic E-state index is 11.3. The normalized spacial score (nSPS) is 10.7. The van der Waals surface area contributed by atoms with E-state index in [0.717, 1.165) is 10.7 Å². The van der Waals surface area contributed by atoms with Gasteiger partial charge in [-0.05, 0) is 11.4 Å². The smallest absolute Gasteiger partial charge is 0.336 e. The van der Waals surface area contributed by atoms with Crippen molar-refractivity contribution in [3.63, 3.8) is 0 Å². The first-order valence-corrected chi connectivity index (χ1v) is 6.68. The fraction of sp³-hybridized carbons (Fsp3) is 0. The molecule has 3 rings (SSSR count). The van der Waals surface area contributed by atoms with E-state index in [2.05, 4.69) is 12.1 Å². The lowest BCUT2D eigenvalue weighted by Gasteiger charge is -2.04. The van der Waals surface area contributed by atoms with Gasteiger partial charge in [-0.1, -0.05) is 57.1 Å². The third kappa shape index (κ3) is 3.04. The van der Waals surface area contributed by atoms with Crippen molar-refractivity contribution in [3.8, 4) is 0 Å². The molecule has 0 spiro atoms. The number of rotatable bonds is 2. The van der Waals surface area contributed by atoms with Gasteiger partial charge in [-0.25, -0.2) is 4.79 Å². The van der Waals surface area contributed by atoms with Crippen LogP contribution in [0.3, 0.4) is 0 Å². The Morgan fingerprint density at radius 2 is 1.63 bits per heavy atom. The number of hydrogen-bond donors (Lipinski definition) is 0. The van der Waals surface area contributed by atoms with E-state index >= 15 is 0 Å². The molecule has 19 heavy (non-hydrogen) atoms. The van der Waals surface area contributed by atoms with Crippen molar-refractivity contribution >= 4 is 42.6 Å². The summed E-state index contributed by atoms with van der Waals surface area (Å²) in [5, 5.41) is 3.27. The van der Waals surface area contributed by atoms with Crippen LogP contribution < -0.4 is 16.2 Å². The van der Waals surface area contributed by atoms with Crippen molar-refractivity contribution in [2.75, 3.05) is 0 Å². The predicted octanol–water partition coefficient (Wildman–Crippen LogP) is 2.84. The molecule has 0 aliphatic heterocycles. The van der Waals surface area contributed by atoms with E-state index in [0.29, 0.717) is 14.2 Å². The minimum atomic E-state index is -0.298. The minimum Gasteiger partial charge on any atom is -0.422 e. The van der Waals surface area contributed by atoms with Crippen LogP contribution in [0.2, 0.25) is 0 Å². The lowest BCUT2D eigenvalue weighted by molar-refractivity contribution is 0.563. The quantitative estimate of drug-likeness (QED) is 0.537. The molecule has 96 valence electrons. The standard InChI is InChI=1S/C15H11O2P.ClH/c16-14-10-9-11-5-4-8-13(15(11)17-14)18-12-6-2-1-3-7-12;/h1-10,18H;1H. The van der Waals surface area contributed by atoms with Crippen LogP contribution in [0.25, 0.3) is 11.0 Å². The molecule has 0 amide bonds. The molecule has 0 fully saturated rings. The van der Waals surface area contributed by atoms with E-state index in [9.17, 15) is 4.79 Å². The molecule has 2 aromatic carbocycles. The van der Waals surface area contributed by atoms with Gasteiger partial charge in [0.2, 0.25) is 0 Å². The number of hydrogen-bond acceptors (Lipinski definition) is 2. The maximum atomic E-state index is 11.3. The van der Waals surface area contributed by atoms with E-state index in [-0.39, 0.29) is 18.0 Å². The number of halogens is 1. The zero-order valence-corrected chi connectivity index (χ0v) is 11.8. The Morgan fingerprint density at radius 1 is 0.842 bits per heavy atom. The maximum Gasteiger partial charge on any atom is 0.336 e. The molecule has 0 N–H and O–H groups in total. The number of fused-ring (bicyclic) bond motifs is 1. The van der Waals surface area contributed by atoms with Gasteiger partial charge in [-0.2, -0.15) is 0 Å². The molecule has 0 aliphatic carbocycles. The first-order chi connectivity index (χ1) is 8.83. The van der Waals surface area contributed by atoms with Crippen molar-refractivity contribution in [1.29, 1.82) is 0 Å². The molecular weight excluding hydrogens is 279 g/mol. The Morgan fingerprint density at radius 3 is 2.42 bits per heavy atom. The molecule has 4 heteroatoms. The third-order valence-corrected chi connectivity index (χ3v) is 3.98. The van der Waals surface area contributed by atoms with Gasteiger partial charge < -0.3 is 4.42 Å². The zero-order valence-electron chi connectivity index (χ0n) is 10.00. The molecule has 3 aromatic rings. The Bertz CT molecular complexity index is 738. The summed E-state index contributed by atoms with van der Waals surface area (Å²) in [6, 6.07) is 19.4. The fourth-order valence-corrected chi connectivity index (χ4v) is 3.03. The van der Waals surface area contributed by atoms with E-state index in [1.165, 1.54) is 11.4 Å². The van der Waals surface area contributed by atoms with Crippen molar-refractivity contribution in [3.05, 3.63) is 71.1 Å². The van der Waals surface area contributed by atoms with Gasteiger partial charge in [0.25, 0.3) is 0 Å². The van der Waals surface area contributed by atoms with E-state index < -0.39 is 0 Å². The average Bonchev–Trinajstić information content (AvgIpc) is 2.41. The summed E-state index contributed by atoms with van der Waals surface area (Å²) in [5.41, 5.74) is 0.403. The van der Waals surface area contributed by atoms with Gasteiger partial charge in [-0.3, -0.25) is 0 Å². The van der Waals surface area contributed by atoms with Crippen LogP contribution in [0.15, 0.2) is 69.9 Å². The highest BCUT2D eigenvalue weighted by Crippen LogP contribution is 2.18. The van der Waals surface area contributed by atoms with Gasteiger partial charge in [-0.15, -0.1) is 12.4 Å². The summed E-state index contributed by atoms with van der Waals surface area (Å²) in [4.78, 5) is 11.3. The van der Waals surface area contributed by atoms with Crippen LogP contribution >= 0.6 is 21.0 Å². The van der Waals surface area contributed by atoms with Crippen LogP contribution in [-0.4, -0.2) is 0 Å². The topological polar surface area (TPSA) is 30.2 Å². The highest BCUT2D eigenvalue weighted by molar-refractivity contribution is 7.56. The van der Waals surface area contributed by atoms with Gasteiger partial charge in [0.15, 0.2) is 0 Å². The molecule has 1 atom stereocenters. The highest BCUT2D eigenvalue weighted by Gasteiger charge is 2.04. The first kappa shape index (κ1) is 13.8. The highest BCUT2D eigenvalue weighted by atomic mass is 35.5. The van der Waals surface area contributed by atoms with Gasteiger partial charge in [0.05, 0.1) is 0 Å². The second-order valence-electron chi connectivity index (χ2n) is 3.97. The van der Waals surface area contributed by atoms with Crippen LogP contribution in [0, 0.1) is 0 Å². The van der Waals surface area contributed by atoms with Crippen LogP contribution in [0.1, 0.15) is 0 Å². The van der Waals surface area contributed by atoms with Gasteiger partial charge in [0.1, 0.15) is 5.58 Å². The van der Waals surface area contributed by atoms with Gasteiger partial charge in [0, 0.05) is 16.8 Å². The van der Waals surface area contributed by atoms with Crippen molar-refractivity contribution in [1.82, 2.24) is 0 Å². The van der Waals surface area contributed by atoms with E-state index in [1.807, 2.05) is 36.4 Å². The second-order valence-corrected chi connectivity index (χ2v) is 5.34. The molecule has 0 aliphatic rings. The minimum absolute atomic E-state index is 0. The molecule has 0 saturated carbocycles. The number of benzene rings is 2. The summed E-state index contributed by atoms with van der Waals surface area (Å²) in [7, 11) is 0.494. The molecular formula is C15H12ClO2P. The van der Waals surface area contributed by atoms with Crippen molar-refractivity contribution in [2.24, 2.45) is 0 Å². The lowest BCUT2D eigenvalue weighted by atomic mass is 10.2. The zero-order chi connectivity index (χ0) is 12.4. The van der Waals surface area contributed by atoms with Gasteiger partial charge >= 0.3 is 5.63 Å².